The summed E-state index contributed by atoms with van der Waals surface area (Å²) in [7, 11) is 3.75. The summed E-state index contributed by atoms with van der Waals surface area (Å²) in [6, 6.07) is 6.58. The number of methoxy groups -OCH3 is 1. The third kappa shape index (κ3) is 2.39. The van der Waals surface area contributed by atoms with Crippen LogP contribution in [0.2, 0.25) is 0 Å². The van der Waals surface area contributed by atoms with Crippen LogP contribution in [-0.4, -0.2) is 19.8 Å². The van der Waals surface area contributed by atoms with E-state index in [1.54, 1.807) is 7.11 Å². The smallest absolute Gasteiger partial charge is 0.128 e. The Bertz CT molecular complexity index is 488. The van der Waals surface area contributed by atoms with Gasteiger partial charge in [-0.05, 0) is 38.3 Å². The van der Waals surface area contributed by atoms with Gasteiger partial charge in [0.2, 0.25) is 0 Å². The van der Waals surface area contributed by atoms with Crippen LogP contribution in [0.15, 0.2) is 18.2 Å². The minimum absolute atomic E-state index is 0.0186. The molecule has 0 amide bonds. The van der Waals surface area contributed by atoms with Gasteiger partial charge in [0.05, 0.1) is 7.11 Å². The Labute approximate surface area is 121 Å². The molecule has 1 spiro atoms. The van der Waals surface area contributed by atoms with E-state index in [-0.39, 0.29) is 5.60 Å². The van der Waals surface area contributed by atoms with Gasteiger partial charge in [-0.3, -0.25) is 0 Å². The molecule has 0 aromatic heterocycles. The molecule has 1 aliphatic heterocycles. The fraction of sp³-hybridized carbons (Fsp3) is 0.647. The van der Waals surface area contributed by atoms with Crippen LogP contribution in [0.3, 0.4) is 0 Å². The topological polar surface area (TPSA) is 30.5 Å². The predicted molar refractivity (Wildman–Crippen MR) is 80.4 cm³/mol. The highest BCUT2D eigenvalue weighted by molar-refractivity contribution is 5.44. The van der Waals surface area contributed by atoms with Gasteiger partial charge in [0.25, 0.3) is 0 Å². The second-order valence-corrected chi connectivity index (χ2v) is 6.44. The Hall–Kier alpha value is -1.22. The van der Waals surface area contributed by atoms with Gasteiger partial charge < -0.3 is 14.8 Å². The van der Waals surface area contributed by atoms with Gasteiger partial charge in [0.1, 0.15) is 17.1 Å². The van der Waals surface area contributed by atoms with Crippen LogP contribution in [0, 0.1) is 5.92 Å². The summed E-state index contributed by atoms with van der Waals surface area (Å²) in [6.07, 6.45) is 6.03. The number of hydrogen-bond acceptors (Lipinski definition) is 3. The molecule has 1 fully saturated rings. The van der Waals surface area contributed by atoms with E-state index in [9.17, 15) is 0 Å². The van der Waals surface area contributed by atoms with Crippen LogP contribution in [0.5, 0.6) is 11.5 Å². The van der Waals surface area contributed by atoms with Crippen molar-refractivity contribution in [3.8, 4) is 11.5 Å². The molecule has 0 bridgehead atoms. The molecule has 3 unspecified atom stereocenters. The van der Waals surface area contributed by atoms with E-state index in [2.05, 4.69) is 18.3 Å². The summed E-state index contributed by atoms with van der Waals surface area (Å²) in [5, 5.41) is 3.46. The first kappa shape index (κ1) is 13.7. The van der Waals surface area contributed by atoms with E-state index in [1.807, 2.05) is 19.2 Å². The van der Waals surface area contributed by atoms with Crippen molar-refractivity contribution >= 4 is 0 Å². The van der Waals surface area contributed by atoms with Crippen molar-refractivity contribution in [1.82, 2.24) is 5.32 Å². The molecule has 0 radical (unpaired) electrons. The first-order valence-electron chi connectivity index (χ1n) is 7.70. The summed E-state index contributed by atoms with van der Waals surface area (Å²) in [4.78, 5) is 0. The minimum Gasteiger partial charge on any atom is -0.497 e. The lowest BCUT2D eigenvalue weighted by molar-refractivity contribution is -0.0174. The Morgan fingerprint density at radius 1 is 1.35 bits per heavy atom. The Morgan fingerprint density at radius 3 is 2.90 bits per heavy atom. The molecule has 3 rings (SSSR count). The van der Waals surface area contributed by atoms with Crippen LogP contribution < -0.4 is 14.8 Å². The van der Waals surface area contributed by atoms with Crippen molar-refractivity contribution < 1.29 is 9.47 Å². The largest absolute Gasteiger partial charge is 0.497 e. The zero-order valence-electron chi connectivity index (χ0n) is 12.7. The summed E-state index contributed by atoms with van der Waals surface area (Å²) in [5.41, 5.74) is 1.28. The number of nitrogens with one attached hydrogen (secondary N) is 1. The van der Waals surface area contributed by atoms with Crippen LogP contribution in [0.4, 0.5) is 0 Å². The van der Waals surface area contributed by atoms with E-state index in [1.165, 1.54) is 31.2 Å². The molecule has 2 aliphatic rings. The van der Waals surface area contributed by atoms with Gasteiger partial charge in [-0.1, -0.05) is 19.4 Å². The lowest BCUT2D eigenvalue weighted by Gasteiger charge is -2.46. The maximum atomic E-state index is 6.49. The Kier molecular flexibility index (Phi) is 3.63. The zero-order valence-corrected chi connectivity index (χ0v) is 12.7. The molecule has 0 saturated heterocycles. The van der Waals surface area contributed by atoms with Crippen LogP contribution in [-0.2, 0) is 0 Å². The van der Waals surface area contributed by atoms with Crippen molar-refractivity contribution in [2.75, 3.05) is 14.2 Å². The summed E-state index contributed by atoms with van der Waals surface area (Å²) in [6.45, 7) is 2.35. The fourth-order valence-corrected chi connectivity index (χ4v) is 3.92. The lowest BCUT2D eigenvalue weighted by atomic mass is 9.73. The maximum Gasteiger partial charge on any atom is 0.128 e. The number of rotatable bonds is 2. The highest BCUT2D eigenvalue weighted by Crippen LogP contribution is 2.48. The molecule has 3 atom stereocenters. The number of benzene rings is 1. The summed E-state index contributed by atoms with van der Waals surface area (Å²) >= 11 is 0. The minimum atomic E-state index is 0.0186. The zero-order chi connectivity index (χ0) is 14.2. The van der Waals surface area contributed by atoms with Gasteiger partial charge in [-0.15, -0.1) is 0 Å². The highest BCUT2D eigenvalue weighted by atomic mass is 16.5. The van der Waals surface area contributed by atoms with Crippen LogP contribution in [0.25, 0.3) is 0 Å². The predicted octanol–water partition coefficient (Wildman–Crippen LogP) is 3.69. The number of hydrogen-bond donors (Lipinski definition) is 1. The molecule has 1 aliphatic carbocycles. The molecule has 20 heavy (non-hydrogen) atoms. The first-order valence-corrected chi connectivity index (χ1v) is 7.70. The molecular formula is C17H25NO2. The Morgan fingerprint density at radius 2 is 2.20 bits per heavy atom. The average Bonchev–Trinajstić information content (AvgIpc) is 2.45. The molecule has 110 valence electrons. The van der Waals surface area contributed by atoms with Crippen molar-refractivity contribution in [3.63, 3.8) is 0 Å². The van der Waals surface area contributed by atoms with E-state index in [0.717, 1.165) is 23.8 Å². The molecule has 3 heteroatoms. The van der Waals surface area contributed by atoms with Gasteiger partial charge in [0.15, 0.2) is 0 Å². The van der Waals surface area contributed by atoms with E-state index in [4.69, 9.17) is 9.47 Å². The van der Waals surface area contributed by atoms with Crippen LogP contribution in [0.1, 0.15) is 50.6 Å². The molecule has 3 nitrogen and oxygen atoms in total. The molecule has 1 saturated carbocycles. The van der Waals surface area contributed by atoms with Gasteiger partial charge in [-0.2, -0.15) is 0 Å². The normalized spacial score (nSPS) is 32.5. The second kappa shape index (κ2) is 5.28. The number of ether oxygens (including phenoxy) is 2. The number of fused-ring (bicyclic) bond motifs is 1. The molecular weight excluding hydrogens is 250 g/mol. The molecule has 1 heterocycles. The van der Waals surface area contributed by atoms with Crippen molar-refractivity contribution in [2.45, 2.75) is 50.7 Å². The van der Waals surface area contributed by atoms with Gasteiger partial charge in [-0.25, -0.2) is 0 Å². The summed E-state index contributed by atoms with van der Waals surface area (Å²) < 4.78 is 11.8. The first-order chi connectivity index (χ1) is 9.65. The van der Waals surface area contributed by atoms with Crippen LogP contribution >= 0.6 is 0 Å². The second-order valence-electron chi connectivity index (χ2n) is 6.44. The quantitative estimate of drug-likeness (QED) is 0.893. The maximum absolute atomic E-state index is 6.49. The van der Waals surface area contributed by atoms with E-state index >= 15 is 0 Å². The highest BCUT2D eigenvalue weighted by Gasteiger charge is 2.43. The lowest BCUT2D eigenvalue weighted by Crippen LogP contribution is -2.46. The third-order valence-electron chi connectivity index (χ3n) is 4.90. The molecule has 1 N–H and O–H groups in total. The SMILES string of the molecule is CNC1CC2(CCCC(C)C2)Oc2cc(OC)ccc21. The van der Waals surface area contributed by atoms with E-state index in [0.29, 0.717) is 6.04 Å². The van der Waals surface area contributed by atoms with E-state index < -0.39 is 0 Å². The van der Waals surface area contributed by atoms with Crippen molar-refractivity contribution in [2.24, 2.45) is 5.92 Å². The standard InChI is InChI=1S/C17H25NO2/c1-12-5-4-8-17(10-12)11-15(18-2)14-7-6-13(19-3)9-16(14)20-17/h6-7,9,12,15,18H,4-5,8,10-11H2,1-3H3. The Balaban J connectivity index is 1.95. The average molecular weight is 275 g/mol. The van der Waals surface area contributed by atoms with Crippen molar-refractivity contribution in [1.29, 1.82) is 0 Å². The van der Waals surface area contributed by atoms with Gasteiger partial charge >= 0.3 is 0 Å². The molecule has 1 aromatic rings. The third-order valence-corrected chi connectivity index (χ3v) is 4.90. The summed E-state index contributed by atoms with van der Waals surface area (Å²) in [5.74, 6) is 2.64. The van der Waals surface area contributed by atoms with Crippen molar-refractivity contribution in [3.05, 3.63) is 23.8 Å². The monoisotopic (exact) mass is 275 g/mol. The molecule has 1 aromatic carbocycles. The fourth-order valence-electron chi connectivity index (χ4n) is 3.92. The van der Waals surface area contributed by atoms with Gasteiger partial charge in [0, 0.05) is 24.1 Å².